The van der Waals surface area contributed by atoms with Gasteiger partial charge >= 0.3 is 0 Å². The van der Waals surface area contributed by atoms with Gasteiger partial charge in [0.05, 0.1) is 5.57 Å². The zero-order chi connectivity index (χ0) is 16.0. The van der Waals surface area contributed by atoms with Gasteiger partial charge in [-0.3, -0.25) is 9.59 Å². The number of carbonyl (C=O) groups excluding carboxylic acids is 2. The molecule has 112 valence electrons. The van der Waals surface area contributed by atoms with Crippen molar-refractivity contribution < 1.29 is 9.59 Å². The summed E-state index contributed by atoms with van der Waals surface area (Å²) in [6.45, 7) is 2.11. The third-order valence-corrected chi connectivity index (χ3v) is 4.42. The molecule has 1 heterocycles. The van der Waals surface area contributed by atoms with Crippen LogP contribution in [0.2, 0.25) is 0 Å². The molecular weight excluding hydrogens is 286 g/mol. The largest absolute Gasteiger partial charge is 0.360 e. The maximum Gasteiger partial charge on any atom is 0.197 e. The second kappa shape index (κ2) is 5.06. The summed E-state index contributed by atoms with van der Waals surface area (Å²) in [5.74, 6) is -0.377. The van der Waals surface area contributed by atoms with E-state index in [1.807, 2.05) is 18.3 Å². The number of nitrogens with one attached hydrogen (secondary N) is 1. The predicted molar refractivity (Wildman–Crippen MR) is 90.8 cm³/mol. The number of ketones is 2. The number of aromatic nitrogens is 1. The number of para-hydroxylation sites is 1. The van der Waals surface area contributed by atoms with Gasteiger partial charge in [0, 0.05) is 33.8 Å². The first kappa shape index (κ1) is 13.7. The highest BCUT2D eigenvalue weighted by Crippen LogP contribution is 2.30. The second-order valence-electron chi connectivity index (χ2n) is 5.70. The molecule has 3 aromatic rings. The van der Waals surface area contributed by atoms with Crippen LogP contribution in [0.5, 0.6) is 0 Å². The number of Topliss-reactive ketones (excluding diaryl/α,β-unsaturated/α-hetero) is 2. The zero-order valence-electron chi connectivity index (χ0n) is 12.7. The SMILES string of the molecule is CCc1cccc2c(C=C3C(=O)c4ccccc4C3=O)c[nH]c12. The summed E-state index contributed by atoms with van der Waals surface area (Å²) >= 11 is 0. The van der Waals surface area contributed by atoms with Crippen molar-refractivity contribution >= 4 is 28.5 Å². The number of allylic oxidation sites excluding steroid dienone is 1. The summed E-state index contributed by atoms with van der Waals surface area (Å²) in [6.07, 6.45) is 4.50. The summed E-state index contributed by atoms with van der Waals surface area (Å²) in [5, 5.41) is 1.04. The third-order valence-electron chi connectivity index (χ3n) is 4.42. The summed E-state index contributed by atoms with van der Waals surface area (Å²) < 4.78 is 0. The highest BCUT2D eigenvalue weighted by molar-refractivity contribution is 6.41. The van der Waals surface area contributed by atoms with E-state index in [-0.39, 0.29) is 17.1 Å². The number of rotatable bonds is 2. The van der Waals surface area contributed by atoms with Crippen LogP contribution in [-0.2, 0) is 6.42 Å². The van der Waals surface area contributed by atoms with Gasteiger partial charge in [-0.05, 0) is 18.1 Å². The molecule has 0 spiro atoms. The lowest BCUT2D eigenvalue weighted by Gasteiger charge is -1.99. The fourth-order valence-electron chi connectivity index (χ4n) is 3.21. The van der Waals surface area contributed by atoms with Gasteiger partial charge in [0.1, 0.15) is 0 Å². The molecule has 1 aromatic heterocycles. The van der Waals surface area contributed by atoms with Crippen LogP contribution in [0.4, 0.5) is 0 Å². The average Bonchev–Trinajstić information content (AvgIpc) is 3.10. The Morgan fingerprint density at radius 2 is 1.65 bits per heavy atom. The summed E-state index contributed by atoms with van der Waals surface area (Å²) in [6, 6.07) is 13.1. The lowest BCUT2D eigenvalue weighted by molar-refractivity contribution is 0.0990. The Kier molecular flexibility index (Phi) is 3.01. The molecule has 0 unspecified atom stereocenters. The molecule has 0 atom stereocenters. The first-order valence-electron chi connectivity index (χ1n) is 7.69. The highest BCUT2D eigenvalue weighted by Gasteiger charge is 2.32. The molecule has 0 radical (unpaired) electrons. The fourth-order valence-corrected chi connectivity index (χ4v) is 3.21. The molecule has 23 heavy (non-hydrogen) atoms. The van der Waals surface area contributed by atoms with Gasteiger partial charge in [0.25, 0.3) is 0 Å². The minimum atomic E-state index is -0.188. The van der Waals surface area contributed by atoms with E-state index in [0.717, 1.165) is 22.9 Å². The lowest BCUT2D eigenvalue weighted by Crippen LogP contribution is -2.00. The maximum absolute atomic E-state index is 12.5. The van der Waals surface area contributed by atoms with E-state index in [2.05, 4.69) is 18.0 Å². The molecule has 0 saturated carbocycles. The molecule has 1 aliphatic rings. The number of carbonyl (C=O) groups is 2. The monoisotopic (exact) mass is 301 g/mol. The van der Waals surface area contributed by atoms with Crippen molar-refractivity contribution in [3.05, 3.63) is 76.5 Å². The van der Waals surface area contributed by atoms with E-state index in [4.69, 9.17) is 0 Å². The molecule has 0 saturated heterocycles. The van der Waals surface area contributed by atoms with Crippen LogP contribution < -0.4 is 0 Å². The Morgan fingerprint density at radius 3 is 2.30 bits per heavy atom. The van der Waals surface area contributed by atoms with Crippen molar-refractivity contribution in [3.8, 4) is 0 Å². The molecule has 2 aromatic carbocycles. The topological polar surface area (TPSA) is 49.9 Å². The van der Waals surface area contributed by atoms with E-state index in [1.165, 1.54) is 5.56 Å². The Labute approximate surface area is 133 Å². The van der Waals surface area contributed by atoms with Crippen molar-refractivity contribution in [2.75, 3.05) is 0 Å². The van der Waals surface area contributed by atoms with E-state index in [9.17, 15) is 9.59 Å². The van der Waals surface area contributed by atoms with E-state index in [0.29, 0.717) is 11.1 Å². The molecule has 3 nitrogen and oxygen atoms in total. The predicted octanol–water partition coefficient (Wildman–Crippen LogP) is 4.19. The van der Waals surface area contributed by atoms with Gasteiger partial charge < -0.3 is 4.98 Å². The van der Waals surface area contributed by atoms with Crippen molar-refractivity contribution in [1.82, 2.24) is 4.98 Å². The van der Waals surface area contributed by atoms with Crippen molar-refractivity contribution in [3.63, 3.8) is 0 Å². The Morgan fingerprint density at radius 1 is 0.957 bits per heavy atom. The van der Waals surface area contributed by atoms with Gasteiger partial charge in [-0.2, -0.15) is 0 Å². The van der Waals surface area contributed by atoms with Crippen molar-refractivity contribution in [2.45, 2.75) is 13.3 Å². The van der Waals surface area contributed by atoms with Gasteiger partial charge in [-0.1, -0.05) is 49.4 Å². The minimum absolute atomic E-state index is 0.188. The van der Waals surface area contributed by atoms with E-state index in [1.54, 1.807) is 30.3 Å². The number of H-pyrrole nitrogens is 1. The third kappa shape index (κ3) is 1.97. The highest BCUT2D eigenvalue weighted by atomic mass is 16.2. The van der Waals surface area contributed by atoms with Crippen LogP contribution in [0.3, 0.4) is 0 Å². The molecule has 0 fully saturated rings. The number of benzene rings is 2. The van der Waals surface area contributed by atoms with Crippen molar-refractivity contribution in [2.24, 2.45) is 0 Å². The lowest BCUT2D eigenvalue weighted by atomic mass is 10.0. The number of aryl methyl sites for hydroxylation is 1. The maximum atomic E-state index is 12.5. The van der Waals surface area contributed by atoms with Gasteiger partial charge in [-0.15, -0.1) is 0 Å². The van der Waals surface area contributed by atoms with Crippen LogP contribution in [0.1, 0.15) is 38.8 Å². The number of hydrogen-bond donors (Lipinski definition) is 1. The quantitative estimate of drug-likeness (QED) is 0.570. The van der Waals surface area contributed by atoms with E-state index >= 15 is 0 Å². The minimum Gasteiger partial charge on any atom is -0.360 e. The number of hydrogen-bond acceptors (Lipinski definition) is 2. The first-order chi connectivity index (χ1) is 11.2. The normalized spacial score (nSPS) is 13.7. The molecule has 0 aliphatic heterocycles. The molecule has 1 aliphatic carbocycles. The molecule has 0 amide bonds. The van der Waals surface area contributed by atoms with Gasteiger partial charge in [0.2, 0.25) is 0 Å². The summed E-state index contributed by atoms with van der Waals surface area (Å²) in [7, 11) is 0. The van der Waals surface area contributed by atoms with Crippen molar-refractivity contribution in [1.29, 1.82) is 0 Å². The smallest absolute Gasteiger partial charge is 0.197 e. The van der Waals surface area contributed by atoms with Crippen LogP contribution >= 0.6 is 0 Å². The molecule has 4 rings (SSSR count). The van der Waals surface area contributed by atoms with Crippen LogP contribution in [0.15, 0.2) is 54.2 Å². The Hall–Kier alpha value is -2.94. The second-order valence-corrected chi connectivity index (χ2v) is 5.70. The summed E-state index contributed by atoms with van der Waals surface area (Å²) in [4.78, 5) is 28.3. The molecule has 0 bridgehead atoms. The number of aromatic amines is 1. The van der Waals surface area contributed by atoms with Crippen LogP contribution in [0, 0.1) is 0 Å². The van der Waals surface area contributed by atoms with Crippen LogP contribution in [0.25, 0.3) is 17.0 Å². The average molecular weight is 301 g/mol. The van der Waals surface area contributed by atoms with E-state index < -0.39 is 0 Å². The Balaban J connectivity index is 1.87. The fraction of sp³-hybridized carbons (Fsp3) is 0.100. The standard InChI is InChI=1S/C20H15NO2/c1-2-12-6-5-9-14-13(11-21-18(12)14)10-17-19(22)15-7-3-4-8-16(15)20(17)23/h3-11,21H,2H2,1H3. The first-order valence-corrected chi connectivity index (χ1v) is 7.69. The summed E-state index contributed by atoms with van der Waals surface area (Å²) in [5.41, 5.74) is 4.40. The molecule has 1 N–H and O–H groups in total. The van der Waals surface area contributed by atoms with Gasteiger partial charge in [-0.25, -0.2) is 0 Å². The molecular formula is C20H15NO2. The molecule has 3 heteroatoms. The van der Waals surface area contributed by atoms with Gasteiger partial charge in [0.15, 0.2) is 11.6 Å². The number of fused-ring (bicyclic) bond motifs is 2. The zero-order valence-corrected chi connectivity index (χ0v) is 12.7. The van der Waals surface area contributed by atoms with Crippen LogP contribution in [-0.4, -0.2) is 16.6 Å². The Bertz CT molecular complexity index is 955.